The van der Waals surface area contributed by atoms with Gasteiger partial charge in [0.25, 0.3) is 0 Å². The van der Waals surface area contributed by atoms with Crippen LogP contribution in [0.15, 0.2) is 18.2 Å². The SMILES string of the molecule is O=C1Cc2cccc(Cl)c2CN1. The second-order valence-electron chi connectivity index (χ2n) is 2.83. The number of nitrogens with one attached hydrogen (secondary N) is 1. The van der Waals surface area contributed by atoms with Crippen molar-refractivity contribution in [3.8, 4) is 0 Å². The monoisotopic (exact) mass is 181 g/mol. The van der Waals surface area contributed by atoms with Crippen LogP contribution < -0.4 is 5.32 Å². The van der Waals surface area contributed by atoms with E-state index in [1.807, 2.05) is 18.2 Å². The zero-order chi connectivity index (χ0) is 8.55. The van der Waals surface area contributed by atoms with Crippen molar-refractivity contribution in [1.82, 2.24) is 5.32 Å². The lowest BCUT2D eigenvalue weighted by atomic mass is 10.0. The molecule has 1 aromatic rings. The highest BCUT2D eigenvalue weighted by molar-refractivity contribution is 6.31. The summed E-state index contributed by atoms with van der Waals surface area (Å²) in [5.41, 5.74) is 2.10. The Morgan fingerprint density at radius 2 is 2.25 bits per heavy atom. The number of rotatable bonds is 0. The maximum absolute atomic E-state index is 11.0. The predicted molar refractivity (Wildman–Crippen MR) is 47.0 cm³/mol. The molecule has 2 rings (SSSR count). The van der Waals surface area contributed by atoms with Gasteiger partial charge in [0.15, 0.2) is 0 Å². The molecule has 0 fully saturated rings. The Balaban J connectivity index is 2.48. The fourth-order valence-electron chi connectivity index (χ4n) is 1.39. The molecule has 0 unspecified atom stereocenters. The molecule has 1 aromatic carbocycles. The highest BCUT2D eigenvalue weighted by Gasteiger charge is 2.15. The Labute approximate surface area is 75.5 Å². The van der Waals surface area contributed by atoms with E-state index in [0.717, 1.165) is 16.1 Å². The Morgan fingerprint density at radius 3 is 3.08 bits per heavy atom. The van der Waals surface area contributed by atoms with Crippen LogP contribution in [0.5, 0.6) is 0 Å². The van der Waals surface area contributed by atoms with E-state index < -0.39 is 0 Å². The van der Waals surface area contributed by atoms with Crippen molar-refractivity contribution in [2.45, 2.75) is 13.0 Å². The highest BCUT2D eigenvalue weighted by atomic mass is 35.5. The molecule has 1 amide bonds. The van der Waals surface area contributed by atoms with Gasteiger partial charge >= 0.3 is 0 Å². The summed E-state index contributed by atoms with van der Waals surface area (Å²) in [6, 6.07) is 5.66. The Bertz CT molecular complexity index is 335. The highest BCUT2D eigenvalue weighted by Crippen LogP contribution is 2.22. The van der Waals surface area contributed by atoms with E-state index >= 15 is 0 Å². The number of benzene rings is 1. The number of halogens is 1. The maximum atomic E-state index is 11.0. The van der Waals surface area contributed by atoms with E-state index in [1.54, 1.807) is 0 Å². The van der Waals surface area contributed by atoms with Crippen molar-refractivity contribution in [2.75, 3.05) is 0 Å². The minimum Gasteiger partial charge on any atom is -0.352 e. The van der Waals surface area contributed by atoms with E-state index in [1.165, 1.54) is 0 Å². The largest absolute Gasteiger partial charge is 0.352 e. The van der Waals surface area contributed by atoms with Gasteiger partial charge in [-0.2, -0.15) is 0 Å². The maximum Gasteiger partial charge on any atom is 0.224 e. The summed E-state index contributed by atoms with van der Waals surface area (Å²) in [6.07, 6.45) is 0.454. The normalized spacial score (nSPS) is 15.2. The molecular formula is C9H8ClNO. The van der Waals surface area contributed by atoms with E-state index in [-0.39, 0.29) is 5.91 Å². The quantitative estimate of drug-likeness (QED) is 0.646. The number of hydrogen-bond donors (Lipinski definition) is 1. The van der Waals surface area contributed by atoms with Crippen LogP contribution in [0.2, 0.25) is 5.02 Å². The Hall–Kier alpha value is -1.02. The van der Waals surface area contributed by atoms with Crippen LogP contribution in [0.3, 0.4) is 0 Å². The molecule has 62 valence electrons. The molecule has 1 N–H and O–H groups in total. The molecule has 0 radical (unpaired) electrons. The summed E-state index contributed by atoms with van der Waals surface area (Å²) in [6.45, 7) is 0.563. The number of carbonyl (C=O) groups is 1. The molecule has 0 aromatic heterocycles. The van der Waals surface area contributed by atoms with Crippen LogP contribution >= 0.6 is 11.6 Å². The first-order chi connectivity index (χ1) is 5.77. The molecule has 1 heterocycles. The molecular weight excluding hydrogens is 174 g/mol. The third-order valence-electron chi connectivity index (χ3n) is 2.03. The van der Waals surface area contributed by atoms with Crippen LogP contribution in [0, 0.1) is 0 Å². The molecule has 0 saturated carbocycles. The fraction of sp³-hybridized carbons (Fsp3) is 0.222. The average molecular weight is 182 g/mol. The molecule has 3 heteroatoms. The summed E-state index contributed by atoms with van der Waals surface area (Å²) < 4.78 is 0. The minimum absolute atomic E-state index is 0.0739. The van der Waals surface area contributed by atoms with Gasteiger partial charge in [0, 0.05) is 11.6 Å². The first-order valence-electron chi connectivity index (χ1n) is 3.80. The van der Waals surface area contributed by atoms with Gasteiger partial charge in [-0.25, -0.2) is 0 Å². The molecule has 0 aliphatic carbocycles. The van der Waals surface area contributed by atoms with Gasteiger partial charge in [-0.05, 0) is 17.2 Å². The summed E-state index contributed by atoms with van der Waals surface area (Å²) in [5, 5.41) is 3.50. The number of carbonyl (C=O) groups excluding carboxylic acids is 1. The molecule has 0 atom stereocenters. The summed E-state index contributed by atoms with van der Waals surface area (Å²) >= 11 is 5.94. The van der Waals surface area contributed by atoms with Gasteiger partial charge in [-0.1, -0.05) is 23.7 Å². The number of amides is 1. The van der Waals surface area contributed by atoms with Crippen molar-refractivity contribution in [2.24, 2.45) is 0 Å². The lowest BCUT2D eigenvalue weighted by molar-refractivity contribution is -0.121. The zero-order valence-corrected chi connectivity index (χ0v) is 7.19. The van der Waals surface area contributed by atoms with Gasteiger partial charge in [0.1, 0.15) is 0 Å². The lowest BCUT2D eigenvalue weighted by Crippen LogP contribution is -2.30. The molecule has 0 spiro atoms. The summed E-state index contributed by atoms with van der Waals surface area (Å²) in [7, 11) is 0. The van der Waals surface area contributed by atoms with Gasteiger partial charge in [-0.15, -0.1) is 0 Å². The van der Waals surface area contributed by atoms with Crippen molar-refractivity contribution in [3.05, 3.63) is 34.3 Å². The standard InChI is InChI=1S/C9H8ClNO/c10-8-3-1-2-6-4-9(12)11-5-7(6)8/h1-3H,4-5H2,(H,11,12). The van der Waals surface area contributed by atoms with E-state index in [2.05, 4.69) is 5.32 Å². The Kier molecular flexibility index (Phi) is 1.77. The third-order valence-corrected chi connectivity index (χ3v) is 2.38. The van der Waals surface area contributed by atoms with Crippen LogP contribution in [-0.2, 0) is 17.8 Å². The van der Waals surface area contributed by atoms with Gasteiger partial charge in [-0.3, -0.25) is 4.79 Å². The fourth-order valence-corrected chi connectivity index (χ4v) is 1.65. The number of fused-ring (bicyclic) bond motifs is 1. The molecule has 0 saturated heterocycles. The molecule has 2 nitrogen and oxygen atoms in total. The minimum atomic E-state index is 0.0739. The van der Waals surface area contributed by atoms with Crippen molar-refractivity contribution in [1.29, 1.82) is 0 Å². The zero-order valence-electron chi connectivity index (χ0n) is 6.43. The van der Waals surface area contributed by atoms with Gasteiger partial charge in [0.05, 0.1) is 6.42 Å². The van der Waals surface area contributed by atoms with Crippen LogP contribution in [0.25, 0.3) is 0 Å². The van der Waals surface area contributed by atoms with Crippen LogP contribution in [0.1, 0.15) is 11.1 Å². The average Bonchev–Trinajstić information content (AvgIpc) is 2.04. The predicted octanol–water partition coefficient (Wildman–Crippen LogP) is 1.51. The van der Waals surface area contributed by atoms with Crippen molar-refractivity contribution in [3.63, 3.8) is 0 Å². The smallest absolute Gasteiger partial charge is 0.224 e. The van der Waals surface area contributed by atoms with E-state index in [9.17, 15) is 4.79 Å². The molecule has 12 heavy (non-hydrogen) atoms. The van der Waals surface area contributed by atoms with Crippen molar-refractivity contribution >= 4 is 17.5 Å². The Morgan fingerprint density at radius 1 is 1.42 bits per heavy atom. The third kappa shape index (κ3) is 1.18. The van der Waals surface area contributed by atoms with Crippen LogP contribution in [0.4, 0.5) is 0 Å². The van der Waals surface area contributed by atoms with Gasteiger partial charge < -0.3 is 5.32 Å². The summed E-state index contributed by atoms with van der Waals surface area (Å²) in [5.74, 6) is 0.0739. The molecule has 1 aliphatic heterocycles. The first-order valence-corrected chi connectivity index (χ1v) is 4.18. The van der Waals surface area contributed by atoms with E-state index in [4.69, 9.17) is 11.6 Å². The van der Waals surface area contributed by atoms with Gasteiger partial charge in [0.2, 0.25) is 5.91 Å². The van der Waals surface area contributed by atoms with E-state index in [0.29, 0.717) is 13.0 Å². The topological polar surface area (TPSA) is 29.1 Å². The first kappa shape index (κ1) is 7.62. The lowest BCUT2D eigenvalue weighted by Gasteiger charge is -2.17. The second-order valence-corrected chi connectivity index (χ2v) is 3.24. The molecule has 0 bridgehead atoms. The van der Waals surface area contributed by atoms with Crippen LogP contribution in [-0.4, -0.2) is 5.91 Å². The molecule has 1 aliphatic rings. The summed E-state index contributed by atoms with van der Waals surface area (Å²) in [4.78, 5) is 11.0. The second kappa shape index (κ2) is 2.79. The number of hydrogen-bond acceptors (Lipinski definition) is 1. The van der Waals surface area contributed by atoms with Crippen molar-refractivity contribution < 1.29 is 4.79 Å².